The topological polar surface area (TPSA) is 89.5 Å². The lowest BCUT2D eigenvalue weighted by molar-refractivity contribution is -0.132. The van der Waals surface area contributed by atoms with E-state index in [-0.39, 0.29) is 25.0 Å². The summed E-state index contributed by atoms with van der Waals surface area (Å²) in [5, 5.41) is 4.11. The molecule has 2 aromatic rings. The van der Waals surface area contributed by atoms with Crippen LogP contribution in [0.4, 0.5) is 0 Å². The van der Waals surface area contributed by atoms with E-state index in [2.05, 4.69) is 10.5 Å². The smallest absolute Gasteiger partial charge is 0.277 e. The maximum absolute atomic E-state index is 12.0. The van der Waals surface area contributed by atoms with Crippen LogP contribution in [0, 0.1) is 0 Å². The monoisotopic (exact) mass is 425 g/mol. The van der Waals surface area contributed by atoms with Gasteiger partial charge in [-0.15, -0.1) is 0 Å². The fourth-order valence-electron chi connectivity index (χ4n) is 3.12. The van der Waals surface area contributed by atoms with E-state index in [1.165, 1.54) is 7.11 Å². The van der Waals surface area contributed by atoms with E-state index in [0.717, 1.165) is 31.5 Å². The van der Waals surface area contributed by atoms with Crippen LogP contribution in [0.2, 0.25) is 0 Å². The molecule has 8 heteroatoms. The molecule has 0 atom stereocenters. The van der Waals surface area contributed by atoms with E-state index in [4.69, 9.17) is 14.2 Å². The van der Waals surface area contributed by atoms with Crippen molar-refractivity contribution in [2.45, 2.75) is 19.8 Å². The summed E-state index contributed by atoms with van der Waals surface area (Å²) in [6.07, 6.45) is 2.12. The second-order valence-electron chi connectivity index (χ2n) is 7.07. The molecule has 3 rings (SSSR count). The van der Waals surface area contributed by atoms with Crippen LogP contribution in [0.1, 0.15) is 25.3 Å². The molecule has 0 saturated carbocycles. The SMILES string of the molecule is COc1ccccc1OCC(=O)N/N=C(/C)c1ccc(OCC(=O)N2CCCC2)cc1. The summed E-state index contributed by atoms with van der Waals surface area (Å²) in [5.74, 6) is 1.28. The first kappa shape index (κ1) is 22.1. The maximum atomic E-state index is 12.0. The van der Waals surface area contributed by atoms with Gasteiger partial charge in [-0.25, -0.2) is 5.43 Å². The number of methoxy groups -OCH3 is 1. The Labute approximate surface area is 181 Å². The lowest BCUT2D eigenvalue weighted by atomic mass is 10.1. The zero-order chi connectivity index (χ0) is 22.1. The highest BCUT2D eigenvalue weighted by Crippen LogP contribution is 2.25. The fraction of sp³-hybridized carbons (Fsp3) is 0.348. The minimum Gasteiger partial charge on any atom is -0.493 e. The van der Waals surface area contributed by atoms with Crippen LogP contribution in [-0.4, -0.2) is 55.8 Å². The van der Waals surface area contributed by atoms with Gasteiger partial charge in [0.2, 0.25) is 0 Å². The van der Waals surface area contributed by atoms with Crippen LogP contribution >= 0.6 is 0 Å². The van der Waals surface area contributed by atoms with Crippen molar-refractivity contribution in [1.29, 1.82) is 0 Å². The number of carbonyl (C=O) groups excluding carboxylic acids is 2. The highest BCUT2D eigenvalue weighted by atomic mass is 16.5. The zero-order valence-electron chi connectivity index (χ0n) is 17.8. The molecule has 0 bridgehead atoms. The second-order valence-corrected chi connectivity index (χ2v) is 7.07. The van der Waals surface area contributed by atoms with Gasteiger partial charge in [0.05, 0.1) is 12.8 Å². The molecular formula is C23H27N3O5. The molecule has 0 spiro atoms. The Kier molecular flexibility index (Phi) is 7.86. The highest BCUT2D eigenvalue weighted by molar-refractivity contribution is 5.99. The molecule has 31 heavy (non-hydrogen) atoms. The van der Waals surface area contributed by atoms with Crippen LogP contribution < -0.4 is 19.6 Å². The van der Waals surface area contributed by atoms with Gasteiger partial charge >= 0.3 is 0 Å². The summed E-state index contributed by atoms with van der Waals surface area (Å²) in [4.78, 5) is 25.9. The molecule has 1 aliphatic heterocycles. The van der Waals surface area contributed by atoms with Crippen LogP contribution in [0.15, 0.2) is 53.6 Å². The van der Waals surface area contributed by atoms with Crippen molar-refractivity contribution in [2.24, 2.45) is 5.10 Å². The second kappa shape index (κ2) is 11.0. The number of nitrogens with one attached hydrogen (secondary N) is 1. The Morgan fingerprint density at radius 3 is 2.32 bits per heavy atom. The maximum Gasteiger partial charge on any atom is 0.277 e. The van der Waals surface area contributed by atoms with Gasteiger partial charge in [0.25, 0.3) is 11.8 Å². The van der Waals surface area contributed by atoms with Gasteiger partial charge < -0.3 is 19.1 Å². The number of hydrogen-bond donors (Lipinski definition) is 1. The molecule has 1 aliphatic rings. The Morgan fingerprint density at radius 2 is 1.65 bits per heavy atom. The van der Waals surface area contributed by atoms with Crippen LogP contribution in [-0.2, 0) is 9.59 Å². The average molecular weight is 425 g/mol. The minimum atomic E-state index is -0.384. The Bertz CT molecular complexity index is 921. The molecule has 0 radical (unpaired) electrons. The number of hydrogen-bond acceptors (Lipinski definition) is 6. The van der Waals surface area contributed by atoms with Crippen molar-refractivity contribution >= 4 is 17.5 Å². The predicted octanol–water partition coefficient (Wildman–Crippen LogP) is 2.62. The van der Waals surface area contributed by atoms with Crippen molar-refractivity contribution in [3.05, 3.63) is 54.1 Å². The van der Waals surface area contributed by atoms with E-state index in [1.807, 2.05) is 23.1 Å². The molecule has 1 N–H and O–H groups in total. The van der Waals surface area contributed by atoms with Gasteiger partial charge in [-0.05, 0) is 61.7 Å². The minimum absolute atomic E-state index is 0.0115. The molecule has 0 aromatic heterocycles. The molecule has 8 nitrogen and oxygen atoms in total. The Morgan fingerprint density at radius 1 is 0.968 bits per heavy atom. The van der Waals surface area contributed by atoms with Crippen molar-refractivity contribution < 1.29 is 23.8 Å². The van der Waals surface area contributed by atoms with Gasteiger partial charge in [0.1, 0.15) is 5.75 Å². The molecule has 0 unspecified atom stereocenters. The Balaban J connectivity index is 1.46. The molecular weight excluding hydrogens is 398 g/mol. The number of para-hydroxylation sites is 2. The molecule has 1 saturated heterocycles. The summed E-state index contributed by atoms with van der Waals surface area (Å²) in [6.45, 7) is 3.26. The first-order valence-electron chi connectivity index (χ1n) is 10.2. The van der Waals surface area contributed by atoms with Gasteiger partial charge in [0.15, 0.2) is 24.7 Å². The first-order valence-corrected chi connectivity index (χ1v) is 10.2. The third-order valence-electron chi connectivity index (χ3n) is 4.87. The number of likely N-dealkylation sites (tertiary alicyclic amines) is 1. The Hall–Kier alpha value is -3.55. The van der Waals surface area contributed by atoms with Crippen LogP contribution in [0.3, 0.4) is 0 Å². The van der Waals surface area contributed by atoms with E-state index in [1.54, 1.807) is 37.3 Å². The normalized spacial score (nSPS) is 13.6. The molecule has 164 valence electrons. The average Bonchev–Trinajstić information content (AvgIpc) is 3.35. The van der Waals surface area contributed by atoms with E-state index in [9.17, 15) is 9.59 Å². The highest BCUT2D eigenvalue weighted by Gasteiger charge is 2.18. The van der Waals surface area contributed by atoms with Crippen molar-refractivity contribution in [2.75, 3.05) is 33.4 Å². The van der Waals surface area contributed by atoms with Gasteiger partial charge in [-0.2, -0.15) is 5.10 Å². The van der Waals surface area contributed by atoms with Crippen molar-refractivity contribution in [3.8, 4) is 17.2 Å². The van der Waals surface area contributed by atoms with Crippen molar-refractivity contribution in [1.82, 2.24) is 10.3 Å². The fourth-order valence-corrected chi connectivity index (χ4v) is 3.12. The molecule has 1 fully saturated rings. The summed E-state index contributed by atoms with van der Waals surface area (Å²) in [7, 11) is 1.54. The molecule has 2 amide bonds. The van der Waals surface area contributed by atoms with E-state index < -0.39 is 0 Å². The summed E-state index contributed by atoms with van der Waals surface area (Å²) in [5.41, 5.74) is 3.93. The first-order chi connectivity index (χ1) is 15.1. The standard InChI is InChI=1S/C23H27N3O5/c1-17(24-25-22(27)15-31-21-8-4-3-7-20(21)29-2)18-9-11-19(12-10-18)30-16-23(28)26-13-5-6-14-26/h3-4,7-12H,5-6,13-16H2,1-2H3,(H,25,27)/b24-17-. The number of carbonyl (C=O) groups is 2. The van der Waals surface area contributed by atoms with Gasteiger partial charge in [-0.1, -0.05) is 12.1 Å². The quantitative estimate of drug-likeness (QED) is 0.493. The predicted molar refractivity (Wildman–Crippen MR) is 117 cm³/mol. The number of amides is 2. The summed E-state index contributed by atoms with van der Waals surface area (Å²) >= 11 is 0. The van der Waals surface area contributed by atoms with Gasteiger partial charge in [0, 0.05) is 13.1 Å². The third kappa shape index (κ3) is 6.47. The number of benzene rings is 2. The van der Waals surface area contributed by atoms with Crippen molar-refractivity contribution in [3.63, 3.8) is 0 Å². The number of nitrogens with zero attached hydrogens (tertiary/aromatic N) is 2. The number of rotatable bonds is 9. The molecule has 0 aliphatic carbocycles. The molecule has 1 heterocycles. The third-order valence-corrected chi connectivity index (χ3v) is 4.87. The number of ether oxygens (including phenoxy) is 3. The zero-order valence-corrected chi connectivity index (χ0v) is 17.8. The lowest BCUT2D eigenvalue weighted by Crippen LogP contribution is -2.32. The van der Waals surface area contributed by atoms with Gasteiger partial charge in [-0.3, -0.25) is 9.59 Å². The summed E-state index contributed by atoms with van der Waals surface area (Å²) < 4.78 is 16.2. The number of hydrazone groups is 1. The van der Waals surface area contributed by atoms with Crippen LogP contribution in [0.5, 0.6) is 17.2 Å². The van der Waals surface area contributed by atoms with Crippen LogP contribution in [0.25, 0.3) is 0 Å². The largest absolute Gasteiger partial charge is 0.493 e. The molecule has 2 aromatic carbocycles. The van der Waals surface area contributed by atoms with E-state index in [0.29, 0.717) is 23.0 Å². The van der Waals surface area contributed by atoms with E-state index >= 15 is 0 Å². The summed E-state index contributed by atoms with van der Waals surface area (Å²) in [6, 6.07) is 14.3. The lowest BCUT2D eigenvalue weighted by Gasteiger charge is -2.15.